The van der Waals surface area contributed by atoms with Crippen LogP contribution in [0.3, 0.4) is 0 Å². The Hall–Kier alpha value is -3.47. The zero-order chi connectivity index (χ0) is 18.1. The van der Waals surface area contributed by atoms with E-state index < -0.39 is 5.91 Å². The first kappa shape index (κ1) is 16.0. The van der Waals surface area contributed by atoms with E-state index in [2.05, 4.69) is 9.97 Å². The van der Waals surface area contributed by atoms with Crippen LogP contribution in [0.2, 0.25) is 0 Å². The number of hydrogen-bond acceptors (Lipinski definition) is 4. The van der Waals surface area contributed by atoms with Crippen LogP contribution in [-0.2, 0) is 0 Å². The molecule has 1 atom stereocenters. The summed E-state index contributed by atoms with van der Waals surface area (Å²) in [5.74, 6) is -0.0320. The summed E-state index contributed by atoms with van der Waals surface area (Å²) in [4.78, 5) is 20.8. The number of carbonyl (C=O) groups is 1. The van der Waals surface area contributed by atoms with Crippen LogP contribution < -0.4 is 5.73 Å². The van der Waals surface area contributed by atoms with Crippen molar-refractivity contribution in [1.29, 1.82) is 0 Å². The Morgan fingerprint density at radius 1 is 1.08 bits per heavy atom. The van der Waals surface area contributed by atoms with Gasteiger partial charge in [-0.25, -0.2) is 9.97 Å². The lowest BCUT2D eigenvalue weighted by molar-refractivity contribution is 0.0999. The van der Waals surface area contributed by atoms with Gasteiger partial charge in [0.1, 0.15) is 5.76 Å². The molecule has 5 nitrogen and oxygen atoms in total. The maximum absolute atomic E-state index is 12.0. The van der Waals surface area contributed by atoms with Crippen molar-refractivity contribution in [2.75, 3.05) is 0 Å². The van der Waals surface area contributed by atoms with Gasteiger partial charge < -0.3 is 10.2 Å². The molecule has 3 heterocycles. The zero-order valence-electron chi connectivity index (χ0n) is 14.2. The highest BCUT2D eigenvalue weighted by atomic mass is 16.3. The van der Waals surface area contributed by atoms with Crippen LogP contribution >= 0.6 is 0 Å². The number of furan rings is 1. The number of aromatic nitrogens is 2. The van der Waals surface area contributed by atoms with Gasteiger partial charge in [0.25, 0.3) is 5.91 Å². The fraction of sp³-hybridized carbons (Fsp3) is 0.0952. The van der Waals surface area contributed by atoms with E-state index in [-0.39, 0.29) is 5.92 Å². The number of pyridine rings is 2. The molecule has 26 heavy (non-hydrogen) atoms. The van der Waals surface area contributed by atoms with Crippen LogP contribution in [0, 0.1) is 0 Å². The standard InChI is InChI=1S/C21H17N3O2/c1-13(18-11-16(12-26-18)14-6-3-2-4-7-14)19-17(20(22)25)10-15-8-5-9-23-21(15)24-19/h2-13H,1H3,(H2,22,25). The van der Waals surface area contributed by atoms with Gasteiger partial charge in [-0.05, 0) is 36.8 Å². The molecule has 0 fully saturated rings. The number of fused-ring (bicyclic) bond motifs is 1. The van der Waals surface area contributed by atoms with Gasteiger partial charge in [-0.3, -0.25) is 4.79 Å². The average Bonchev–Trinajstić information content (AvgIpc) is 3.17. The van der Waals surface area contributed by atoms with E-state index in [9.17, 15) is 4.79 Å². The van der Waals surface area contributed by atoms with E-state index in [1.54, 1.807) is 24.6 Å². The summed E-state index contributed by atoms with van der Waals surface area (Å²) in [7, 11) is 0. The minimum atomic E-state index is -0.514. The van der Waals surface area contributed by atoms with Crippen molar-refractivity contribution >= 4 is 16.9 Å². The van der Waals surface area contributed by atoms with Crippen molar-refractivity contribution in [3.63, 3.8) is 0 Å². The summed E-state index contributed by atoms with van der Waals surface area (Å²) >= 11 is 0. The molecule has 0 aliphatic rings. The molecule has 0 aliphatic heterocycles. The van der Waals surface area contributed by atoms with Gasteiger partial charge in [-0.1, -0.05) is 30.3 Å². The number of hydrogen-bond donors (Lipinski definition) is 1. The van der Waals surface area contributed by atoms with Crippen molar-refractivity contribution < 1.29 is 9.21 Å². The topological polar surface area (TPSA) is 82.0 Å². The molecule has 0 bridgehead atoms. The molecule has 0 saturated carbocycles. The van der Waals surface area contributed by atoms with Crippen LogP contribution in [0.15, 0.2) is 71.5 Å². The van der Waals surface area contributed by atoms with Crippen molar-refractivity contribution in [3.05, 3.63) is 84.1 Å². The first-order chi connectivity index (χ1) is 12.6. The lowest BCUT2D eigenvalue weighted by Crippen LogP contribution is -2.16. The van der Waals surface area contributed by atoms with E-state index >= 15 is 0 Å². The SMILES string of the molecule is CC(c1cc(-c2ccccc2)co1)c1nc2ncccc2cc1C(N)=O. The predicted octanol–water partition coefficient (Wildman–Crippen LogP) is 4.14. The highest BCUT2D eigenvalue weighted by Gasteiger charge is 2.22. The summed E-state index contributed by atoms with van der Waals surface area (Å²) < 4.78 is 5.77. The average molecular weight is 343 g/mol. The number of rotatable bonds is 4. The van der Waals surface area contributed by atoms with Gasteiger partial charge >= 0.3 is 0 Å². The maximum atomic E-state index is 12.0. The largest absolute Gasteiger partial charge is 0.468 e. The molecule has 0 spiro atoms. The number of primary amides is 1. The van der Waals surface area contributed by atoms with Crippen molar-refractivity contribution in [2.24, 2.45) is 5.73 Å². The second-order valence-electron chi connectivity index (χ2n) is 6.16. The zero-order valence-corrected chi connectivity index (χ0v) is 14.2. The summed E-state index contributed by atoms with van der Waals surface area (Å²) in [5.41, 5.74) is 9.16. The van der Waals surface area contributed by atoms with Crippen LogP contribution in [0.25, 0.3) is 22.2 Å². The smallest absolute Gasteiger partial charge is 0.250 e. The fourth-order valence-corrected chi connectivity index (χ4v) is 3.04. The lowest BCUT2D eigenvalue weighted by atomic mass is 9.97. The monoisotopic (exact) mass is 343 g/mol. The Morgan fingerprint density at radius 2 is 1.88 bits per heavy atom. The van der Waals surface area contributed by atoms with E-state index in [4.69, 9.17) is 10.2 Å². The maximum Gasteiger partial charge on any atom is 0.250 e. The van der Waals surface area contributed by atoms with E-state index in [1.165, 1.54) is 0 Å². The van der Waals surface area contributed by atoms with Crippen LogP contribution in [0.1, 0.15) is 34.7 Å². The Morgan fingerprint density at radius 3 is 2.65 bits per heavy atom. The molecule has 4 rings (SSSR count). The van der Waals surface area contributed by atoms with Gasteiger partial charge in [-0.15, -0.1) is 0 Å². The molecular weight excluding hydrogens is 326 g/mol. The Balaban J connectivity index is 1.78. The second-order valence-corrected chi connectivity index (χ2v) is 6.16. The number of nitrogens with two attached hydrogens (primary N) is 1. The van der Waals surface area contributed by atoms with Gasteiger partial charge in [0, 0.05) is 17.1 Å². The van der Waals surface area contributed by atoms with Gasteiger partial charge in [0.2, 0.25) is 0 Å². The van der Waals surface area contributed by atoms with Crippen LogP contribution in [0.4, 0.5) is 0 Å². The fourth-order valence-electron chi connectivity index (χ4n) is 3.04. The first-order valence-electron chi connectivity index (χ1n) is 8.33. The van der Waals surface area contributed by atoms with Gasteiger partial charge in [0.05, 0.1) is 23.4 Å². The Bertz CT molecular complexity index is 1090. The Labute approximate surface area is 150 Å². The molecule has 4 aromatic rings. The van der Waals surface area contributed by atoms with Crippen LogP contribution in [0.5, 0.6) is 0 Å². The molecular formula is C21H17N3O2. The molecule has 5 heteroatoms. The second kappa shape index (κ2) is 6.44. The van der Waals surface area contributed by atoms with Gasteiger partial charge in [0.15, 0.2) is 5.65 Å². The van der Waals surface area contributed by atoms with Crippen molar-refractivity contribution in [2.45, 2.75) is 12.8 Å². The minimum Gasteiger partial charge on any atom is -0.468 e. The summed E-state index contributed by atoms with van der Waals surface area (Å²) in [6.07, 6.45) is 3.39. The first-order valence-corrected chi connectivity index (χ1v) is 8.33. The predicted molar refractivity (Wildman–Crippen MR) is 99.7 cm³/mol. The lowest BCUT2D eigenvalue weighted by Gasteiger charge is -2.12. The van der Waals surface area contributed by atoms with E-state index in [1.807, 2.05) is 49.4 Å². The minimum absolute atomic E-state index is 0.235. The third-order valence-corrected chi connectivity index (χ3v) is 4.45. The number of carbonyl (C=O) groups excluding carboxylic acids is 1. The molecule has 128 valence electrons. The van der Waals surface area contributed by atoms with E-state index in [0.29, 0.717) is 22.7 Å². The van der Waals surface area contributed by atoms with Crippen molar-refractivity contribution in [1.82, 2.24) is 9.97 Å². The summed E-state index contributed by atoms with van der Waals surface area (Å²) in [6.45, 7) is 1.94. The third-order valence-electron chi connectivity index (χ3n) is 4.45. The third kappa shape index (κ3) is 2.84. The molecule has 1 unspecified atom stereocenters. The molecule has 0 saturated heterocycles. The summed E-state index contributed by atoms with van der Waals surface area (Å²) in [6, 6.07) is 17.3. The van der Waals surface area contributed by atoms with Crippen molar-refractivity contribution in [3.8, 4) is 11.1 Å². The number of nitrogens with zero attached hydrogens (tertiary/aromatic N) is 2. The molecule has 1 aromatic carbocycles. The van der Waals surface area contributed by atoms with E-state index in [0.717, 1.165) is 16.5 Å². The quantitative estimate of drug-likeness (QED) is 0.604. The number of amides is 1. The molecule has 0 radical (unpaired) electrons. The molecule has 3 aromatic heterocycles. The molecule has 1 amide bonds. The normalized spacial score (nSPS) is 12.2. The Kier molecular flexibility index (Phi) is 3.97. The number of benzene rings is 1. The molecule has 2 N–H and O–H groups in total. The van der Waals surface area contributed by atoms with Crippen LogP contribution in [-0.4, -0.2) is 15.9 Å². The highest BCUT2D eigenvalue weighted by Crippen LogP contribution is 2.31. The highest BCUT2D eigenvalue weighted by molar-refractivity contribution is 5.97. The van der Waals surface area contributed by atoms with Gasteiger partial charge in [-0.2, -0.15) is 0 Å². The summed E-state index contributed by atoms with van der Waals surface area (Å²) in [5, 5.41) is 0.779. The molecule has 0 aliphatic carbocycles.